The Morgan fingerprint density at radius 3 is 1.81 bits per heavy atom. The van der Waals surface area contributed by atoms with Gasteiger partial charge in [0, 0.05) is 0 Å². The van der Waals surface area contributed by atoms with Crippen molar-refractivity contribution in [2.24, 2.45) is 0 Å². The van der Waals surface area contributed by atoms with Gasteiger partial charge in [-0.25, -0.2) is 0 Å². The molecule has 0 aromatic heterocycles. The van der Waals surface area contributed by atoms with Gasteiger partial charge in [-0.1, -0.05) is 72.8 Å². The Kier molecular flexibility index (Phi) is 5.25. The summed E-state index contributed by atoms with van der Waals surface area (Å²) in [4.78, 5) is 0. The molecule has 2 aliphatic rings. The minimum Gasteiger partial charge on any atom is -0.394 e. The first-order valence-corrected chi connectivity index (χ1v) is 10.7. The van der Waals surface area contributed by atoms with Crippen LogP contribution in [0.2, 0.25) is 0 Å². The number of rotatable bonds is 8. The van der Waals surface area contributed by atoms with Crippen LogP contribution in [-0.4, -0.2) is 66.3 Å². The quantitative estimate of drug-likeness (QED) is 0.341. The van der Waals surface area contributed by atoms with Gasteiger partial charge in [-0.3, -0.25) is 0 Å². The Balaban J connectivity index is 2.08. The Morgan fingerprint density at radius 2 is 1.34 bits per heavy atom. The highest BCUT2D eigenvalue weighted by molar-refractivity contribution is 5.64. The number of hydrogen-bond acceptors (Lipinski definition) is 6. The van der Waals surface area contributed by atoms with Crippen LogP contribution < -0.4 is 0 Å². The molecule has 4 rings (SSSR count). The van der Waals surface area contributed by atoms with Gasteiger partial charge >= 0.3 is 0 Å². The van der Waals surface area contributed by atoms with Crippen LogP contribution in [0.5, 0.6) is 0 Å². The van der Waals surface area contributed by atoms with Crippen LogP contribution in [0.3, 0.4) is 0 Å². The Hall–Kier alpha value is -2.32. The molecule has 2 aromatic carbocycles. The van der Waals surface area contributed by atoms with Gasteiger partial charge in [-0.2, -0.15) is 0 Å². The molecule has 2 aliphatic carbocycles. The highest BCUT2D eigenvalue weighted by Gasteiger charge is 3.02. The summed E-state index contributed by atoms with van der Waals surface area (Å²) in [5, 5.41) is 69.0. The molecule has 0 radical (unpaired) electrons. The van der Waals surface area contributed by atoms with E-state index in [2.05, 4.69) is 13.2 Å². The van der Waals surface area contributed by atoms with Gasteiger partial charge in [0.1, 0.15) is 22.9 Å². The van der Waals surface area contributed by atoms with E-state index < -0.39 is 46.4 Å². The molecule has 0 saturated heterocycles. The van der Waals surface area contributed by atoms with Gasteiger partial charge in [-0.05, 0) is 24.0 Å². The Morgan fingerprint density at radius 1 is 0.844 bits per heavy atom. The molecule has 170 valence electrons. The van der Waals surface area contributed by atoms with Crippen molar-refractivity contribution in [1.29, 1.82) is 0 Å². The summed E-state index contributed by atoms with van der Waals surface area (Å²) in [5.41, 5.74) is -9.53. The summed E-state index contributed by atoms with van der Waals surface area (Å²) in [6.07, 6.45) is -0.451. The van der Waals surface area contributed by atoms with Gasteiger partial charge in [-0.15, -0.1) is 13.2 Å². The molecular formula is C26H30O6. The molecular weight excluding hydrogens is 408 g/mol. The second-order valence-electron chi connectivity index (χ2n) is 8.94. The summed E-state index contributed by atoms with van der Waals surface area (Å²) in [5.74, 6) is 0. The monoisotopic (exact) mass is 438 g/mol. The highest BCUT2D eigenvalue weighted by atomic mass is 16.5. The van der Waals surface area contributed by atoms with Crippen molar-refractivity contribution in [3.05, 3.63) is 97.1 Å². The number of fused-ring (bicyclic) bond motifs is 1. The molecule has 0 spiro atoms. The Bertz CT molecular complexity index is 1010. The zero-order chi connectivity index (χ0) is 23.4. The number of benzene rings is 2. The number of aliphatic hydroxyl groups is 6. The van der Waals surface area contributed by atoms with E-state index in [1.807, 2.05) is 0 Å². The third-order valence-corrected chi connectivity index (χ3v) is 8.04. The van der Waals surface area contributed by atoms with Gasteiger partial charge in [0.25, 0.3) is 0 Å². The van der Waals surface area contributed by atoms with Crippen LogP contribution in [-0.2, 0) is 10.8 Å². The first-order chi connectivity index (χ1) is 15.2. The number of aliphatic hydroxyl groups excluding tert-OH is 3. The molecule has 3 unspecified atom stereocenters. The lowest BCUT2D eigenvalue weighted by Crippen LogP contribution is -3.10. The van der Waals surface area contributed by atoms with Crippen LogP contribution in [0.25, 0.3) is 0 Å². The molecule has 6 N–H and O–H groups in total. The summed E-state index contributed by atoms with van der Waals surface area (Å²) in [7, 11) is 0. The van der Waals surface area contributed by atoms with E-state index >= 15 is 0 Å². The molecule has 2 fully saturated rings. The van der Waals surface area contributed by atoms with Crippen LogP contribution in [0, 0.1) is 0 Å². The molecule has 0 heterocycles. The fraction of sp³-hybridized carbons (Fsp3) is 0.385. The zero-order valence-electron chi connectivity index (χ0n) is 17.8. The predicted molar refractivity (Wildman–Crippen MR) is 120 cm³/mol. The molecule has 32 heavy (non-hydrogen) atoms. The SMILES string of the molecule is C=CCC1(c2ccccc2)C(O)[C@@]2(O)C(CC=C)(c3ccccc3)[C@@](O)([C@H](O)CO)[C@@]12O. The highest BCUT2D eigenvalue weighted by Crippen LogP contribution is 2.81. The van der Waals surface area contributed by atoms with Crippen LogP contribution >= 0.6 is 0 Å². The number of allylic oxidation sites excluding steroid dienone is 2. The average molecular weight is 439 g/mol. The van der Waals surface area contributed by atoms with Crippen molar-refractivity contribution in [1.82, 2.24) is 0 Å². The first-order valence-electron chi connectivity index (χ1n) is 10.7. The zero-order valence-corrected chi connectivity index (χ0v) is 17.8. The van der Waals surface area contributed by atoms with E-state index in [1.165, 1.54) is 12.2 Å². The van der Waals surface area contributed by atoms with Crippen molar-refractivity contribution in [2.45, 2.75) is 52.7 Å². The maximum absolute atomic E-state index is 12.2. The van der Waals surface area contributed by atoms with Crippen molar-refractivity contribution in [3.63, 3.8) is 0 Å². The average Bonchev–Trinajstić information content (AvgIpc) is 2.84. The van der Waals surface area contributed by atoms with E-state index in [-0.39, 0.29) is 12.8 Å². The van der Waals surface area contributed by atoms with E-state index in [9.17, 15) is 30.6 Å². The third kappa shape index (κ3) is 2.02. The fourth-order valence-corrected chi connectivity index (χ4v) is 6.90. The lowest BCUT2D eigenvalue weighted by Gasteiger charge is -2.88. The lowest BCUT2D eigenvalue weighted by molar-refractivity contribution is -0.512. The maximum Gasteiger partial charge on any atom is 0.141 e. The first kappa shape index (κ1) is 22.9. The third-order valence-electron chi connectivity index (χ3n) is 8.04. The lowest BCUT2D eigenvalue weighted by atomic mass is 9.19. The molecule has 0 bridgehead atoms. The van der Waals surface area contributed by atoms with Crippen molar-refractivity contribution >= 4 is 0 Å². The van der Waals surface area contributed by atoms with E-state index in [4.69, 9.17) is 0 Å². The van der Waals surface area contributed by atoms with E-state index in [1.54, 1.807) is 60.7 Å². The normalized spacial score (nSPS) is 41.0. The van der Waals surface area contributed by atoms with Gasteiger partial charge < -0.3 is 30.6 Å². The molecule has 7 atom stereocenters. The predicted octanol–water partition coefficient (Wildman–Crippen LogP) is 0.949. The minimum absolute atomic E-state index is 0.0103. The number of hydrogen-bond donors (Lipinski definition) is 6. The largest absolute Gasteiger partial charge is 0.394 e. The molecule has 0 aliphatic heterocycles. The molecule has 6 heteroatoms. The Labute approximate surface area is 187 Å². The van der Waals surface area contributed by atoms with Crippen LogP contribution in [0.4, 0.5) is 0 Å². The second-order valence-corrected chi connectivity index (χ2v) is 8.94. The topological polar surface area (TPSA) is 121 Å². The summed E-state index contributed by atoms with van der Waals surface area (Å²) >= 11 is 0. The van der Waals surface area contributed by atoms with Crippen LogP contribution in [0.1, 0.15) is 24.0 Å². The summed E-state index contributed by atoms with van der Waals surface area (Å²) < 4.78 is 0. The van der Waals surface area contributed by atoms with Crippen molar-refractivity contribution < 1.29 is 30.6 Å². The van der Waals surface area contributed by atoms with Gasteiger partial charge in [0.05, 0.1) is 23.5 Å². The fourth-order valence-electron chi connectivity index (χ4n) is 6.90. The van der Waals surface area contributed by atoms with Crippen molar-refractivity contribution in [3.8, 4) is 0 Å². The molecule has 6 nitrogen and oxygen atoms in total. The second kappa shape index (κ2) is 7.35. The van der Waals surface area contributed by atoms with Crippen LogP contribution in [0.15, 0.2) is 86.0 Å². The summed E-state index contributed by atoms with van der Waals surface area (Å²) in [6, 6.07) is 17.1. The molecule has 2 saturated carbocycles. The maximum atomic E-state index is 12.2. The van der Waals surface area contributed by atoms with Gasteiger partial charge in [0.2, 0.25) is 0 Å². The van der Waals surface area contributed by atoms with Crippen molar-refractivity contribution in [2.75, 3.05) is 6.61 Å². The standard InChI is InChI=1S/C26H30O6/c1-3-15-22(18-11-7-5-8-12-18)21(29)25(31)23(16-4-2,19-13-9-6-10-14-19)24(30,20(28)17-27)26(22,25)32/h3-14,20-21,27-32H,1-2,15-17H2/t20-,21?,22?,23?,24+,25-,26+/m1/s1. The van der Waals surface area contributed by atoms with E-state index in [0.29, 0.717) is 11.1 Å². The summed E-state index contributed by atoms with van der Waals surface area (Å²) in [6.45, 7) is 6.64. The smallest absolute Gasteiger partial charge is 0.141 e. The molecule has 2 aromatic rings. The molecule has 0 amide bonds. The van der Waals surface area contributed by atoms with E-state index in [0.717, 1.165) is 0 Å². The minimum atomic E-state index is -2.43. The van der Waals surface area contributed by atoms with Gasteiger partial charge in [0.15, 0.2) is 0 Å².